The van der Waals surface area contributed by atoms with E-state index in [1.54, 1.807) is 0 Å². The molecular formula is C22H21BrN2. The average Bonchev–Trinajstić information content (AvgIpc) is 2.90. The minimum atomic E-state index is 0. The Bertz CT molecular complexity index is 881. The van der Waals surface area contributed by atoms with Gasteiger partial charge in [0.2, 0.25) is 0 Å². The van der Waals surface area contributed by atoms with Gasteiger partial charge in [-0.3, -0.25) is 0 Å². The maximum absolute atomic E-state index is 2.41. The molecule has 0 aliphatic rings. The molecule has 0 unspecified atom stereocenters. The van der Waals surface area contributed by atoms with Gasteiger partial charge >= 0.3 is 0 Å². The van der Waals surface area contributed by atoms with Crippen LogP contribution in [0.2, 0.25) is 0 Å². The number of imidazole rings is 1. The van der Waals surface area contributed by atoms with Gasteiger partial charge in [-0.25, -0.2) is 9.13 Å². The third kappa shape index (κ3) is 3.52. The summed E-state index contributed by atoms with van der Waals surface area (Å²) in [6, 6.07) is 30.0. The lowest BCUT2D eigenvalue weighted by molar-refractivity contribution is -0.669. The molecule has 0 saturated heterocycles. The Morgan fingerprint density at radius 3 is 1.96 bits per heavy atom. The van der Waals surface area contributed by atoms with E-state index in [0.717, 1.165) is 13.1 Å². The lowest BCUT2D eigenvalue weighted by Gasteiger charge is -2.03. The summed E-state index contributed by atoms with van der Waals surface area (Å²) in [6.07, 6.45) is 0. The maximum Gasteiger partial charge on any atom is 0.254 e. The fourth-order valence-corrected chi connectivity index (χ4v) is 3.35. The first-order valence-electron chi connectivity index (χ1n) is 8.38. The fourth-order valence-electron chi connectivity index (χ4n) is 3.35. The quantitative estimate of drug-likeness (QED) is 0.463. The first kappa shape index (κ1) is 17.4. The van der Waals surface area contributed by atoms with Crippen molar-refractivity contribution in [1.29, 1.82) is 0 Å². The highest BCUT2D eigenvalue weighted by molar-refractivity contribution is 5.72. The molecule has 0 spiro atoms. The van der Waals surface area contributed by atoms with Crippen molar-refractivity contribution in [3.05, 3.63) is 102 Å². The summed E-state index contributed by atoms with van der Waals surface area (Å²) in [5.41, 5.74) is 5.23. The smallest absolute Gasteiger partial charge is 0.254 e. The van der Waals surface area contributed by atoms with Crippen LogP contribution in [0.3, 0.4) is 0 Å². The number of nitrogens with zero attached hydrogens (tertiary/aromatic N) is 2. The molecule has 1 aromatic heterocycles. The van der Waals surface area contributed by atoms with Crippen LogP contribution < -0.4 is 21.5 Å². The highest BCUT2D eigenvalue weighted by atomic mass is 79.9. The monoisotopic (exact) mass is 392 g/mol. The number of fused-ring (bicyclic) bond motifs is 1. The van der Waals surface area contributed by atoms with E-state index in [2.05, 4.69) is 101 Å². The van der Waals surface area contributed by atoms with Gasteiger partial charge in [-0.05, 0) is 23.3 Å². The van der Waals surface area contributed by atoms with Crippen molar-refractivity contribution >= 4 is 11.0 Å². The van der Waals surface area contributed by atoms with Gasteiger partial charge in [0.05, 0.1) is 0 Å². The SMILES string of the molecule is Cc1n(Cc2ccccc2)c2ccccc2[n+]1Cc1ccccc1.[Br-]. The van der Waals surface area contributed by atoms with E-state index in [-0.39, 0.29) is 17.0 Å². The first-order valence-corrected chi connectivity index (χ1v) is 8.38. The second-order valence-corrected chi connectivity index (χ2v) is 6.18. The third-order valence-electron chi connectivity index (χ3n) is 4.61. The van der Waals surface area contributed by atoms with Crippen LogP contribution >= 0.6 is 0 Å². The van der Waals surface area contributed by atoms with Crippen molar-refractivity contribution in [2.75, 3.05) is 0 Å². The summed E-state index contributed by atoms with van der Waals surface area (Å²) in [5.74, 6) is 1.28. The molecule has 0 amide bonds. The van der Waals surface area contributed by atoms with Crippen LogP contribution in [0.25, 0.3) is 11.0 Å². The van der Waals surface area contributed by atoms with Crippen molar-refractivity contribution in [2.24, 2.45) is 0 Å². The predicted molar refractivity (Wildman–Crippen MR) is 98.0 cm³/mol. The lowest BCUT2D eigenvalue weighted by atomic mass is 10.2. The van der Waals surface area contributed by atoms with Crippen LogP contribution in [0.1, 0.15) is 17.0 Å². The molecule has 25 heavy (non-hydrogen) atoms. The molecule has 3 aromatic carbocycles. The number of halogens is 1. The van der Waals surface area contributed by atoms with Crippen molar-refractivity contribution in [1.82, 2.24) is 4.57 Å². The molecule has 0 aliphatic carbocycles. The Labute approximate surface area is 159 Å². The highest BCUT2D eigenvalue weighted by Crippen LogP contribution is 2.17. The molecule has 0 N–H and O–H groups in total. The number of hydrogen-bond donors (Lipinski definition) is 0. The normalized spacial score (nSPS) is 10.6. The summed E-state index contributed by atoms with van der Waals surface area (Å²) in [4.78, 5) is 0. The summed E-state index contributed by atoms with van der Waals surface area (Å²) < 4.78 is 4.82. The number of rotatable bonds is 4. The van der Waals surface area contributed by atoms with E-state index < -0.39 is 0 Å². The van der Waals surface area contributed by atoms with Gasteiger partial charge < -0.3 is 17.0 Å². The van der Waals surface area contributed by atoms with Gasteiger partial charge in [0.15, 0.2) is 11.0 Å². The number of aromatic nitrogens is 2. The van der Waals surface area contributed by atoms with E-state index in [1.165, 1.54) is 28.0 Å². The molecule has 0 bridgehead atoms. The molecule has 4 aromatic rings. The first-order chi connectivity index (χ1) is 11.8. The van der Waals surface area contributed by atoms with Crippen LogP contribution in [-0.4, -0.2) is 4.57 Å². The Kier molecular flexibility index (Phi) is 5.34. The van der Waals surface area contributed by atoms with E-state index in [4.69, 9.17) is 0 Å². The zero-order chi connectivity index (χ0) is 16.4. The van der Waals surface area contributed by atoms with Crippen LogP contribution in [0.15, 0.2) is 84.9 Å². The summed E-state index contributed by atoms with van der Waals surface area (Å²) in [5, 5.41) is 0. The Morgan fingerprint density at radius 2 is 1.28 bits per heavy atom. The molecule has 2 nitrogen and oxygen atoms in total. The van der Waals surface area contributed by atoms with E-state index in [0.29, 0.717) is 0 Å². The van der Waals surface area contributed by atoms with Crippen molar-refractivity contribution in [2.45, 2.75) is 20.0 Å². The van der Waals surface area contributed by atoms with E-state index in [9.17, 15) is 0 Å². The Morgan fingerprint density at radius 1 is 0.720 bits per heavy atom. The van der Waals surface area contributed by atoms with Gasteiger partial charge in [0, 0.05) is 6.92 Å². The lowest BCUT2D eigenvalue weighted by Crippen LogP contribution is -3.00. The Hall–Kier alpha value is -2.39. The molecule has 0 atom stereocenters. The molecular weight excluding hydrogens is 372 g/mol. The summed E-state index contributed by atoms with van der Waals surface area (Å²) in [6.45, 7) is 4.01. The topological polar surface area (TPSA) is 8.81 Å². The fraction of sp³-hybridized carbons (Fsp3) is 0.136. The number of benzene rings is 3. The van der Waals surface area contributed by atoms with Gasteiger partial charge in [0.25, 0.3) is 5.82 Å². The zero-order valence-electron chi connectivity index (χ0n) is 14.3. The van der Waals surface area contributed by atoms with Crippen molar-refractivity contribution in [3.8, 4) is 0 Å². The van der Waals surface area contributed by atoms with Gasteiger partial charge in [-0.2, -0.15) is 0 Å². The van der Waals surface area contributed by atoms with Crippen LogP contribution in [0, 0.1) is 6.92 Å². The molecule has 0 fully saturated rings. The van der Waals surface area contributed by atoms with Crippen molar-refractivity contribution in [3.63, 3.8) is 0 Å². The second kappa shape index (κ2) is 7.66. The highest BCUT2D eigenvalue weighted by Gasteiger charge is 2.21. The van der Waals surface area contributed by atoms with Crippen LogP contribution in [0.4, 0.5) is 0 Å². The second-order valence-electron chi connectivity index (χ2n) is 6.18. The molecule has 3 heteroatoms. The zero-order valence-corrected chi connectivity index (χ0v) is 15.9. The molecule has 4 rings (SSSR count). The summed E-state index contributed by atoms with van der Waals surface area (Å²) in [7, 11) is 0. The minimum absolute atomic E-state index is 0. The molecule has 0 radical (unpaired) electrons. The Balaban J connectivity index is 0.00000182. The van der Waals surface area contributed by atoms with Gasteiger partial charge in [-0.15, -0.1) is 0 Å². The third-order valence-corrected chi connectivity index (χ3v) is 4.61. The molecule has 1 heterocycles. The van der Waals surface area contributed by atoms with Crippen molar-refractivity contribution < 1.29 is 21.5 Å². The molecule has 0 saturated carbocycles. The van der Waals surface area contributed by atoms with Gasteiger partial charge in [0.1, 0.15) is 13.1 Å². The minimum Gasteiger partial charge on any atom is -1.00 e. The van der Waals surface area contributed by atoms with Gasteiger partial charge in [-0.1, -0.05) is 72.8 Å². The standard InChI is InChI=1S/C22H21N2.BrH/c1-18-23(16-19-10-4-2-5-11-19)21-14-8-9-15-22(21)24(18)17-20-12-6-3-7-13-20;/h2-15H,16-17H2,1H3;1H/q+1;/p-1. The number of hydrogen-bond acceptors (Lipinski definition) is 0. The van der Waals surface area contributed by atoms with Crippen LogP contribution in [-0.2, 0) is 13.1 Å². The summed E-state index contributed by atoms with van der Waals surface area (Å²) >= 11 is 0. The largest absolute Gasteiger partial charge is 1.00 e. The van der Waals surface area contributed by atoms with E-state index >= 15 is 0 Å². The number of para-hydroxylation sites is 2. The maximum atomic E-state index is 2.41. The predicted octanol–water partition coefficient (Wildman–Crippen LogP) is 1.34. The molecule has 0 aliphatic heterocycles. The van der Waals surface area contributed by atoms with Crippen LogP contribution in [0.5, 0.6) is 0 Å². The van der Waals surface area contributed by atoms with E-state index in [1.807, 2.05) is 0 Å². The molecule has 126 valence electrons. The average molecular weight is 393 g/mol.